The summed E-state index contributed by atoms with van der Waals surface area (Å²) in [6.45, 7) is 10.8. The molecule has 0 bridgehead atoms. The third kappa shape index (κ3) is 6.52. The number of anilines is 1. The largest absolute Gasteiger partial charge is 0.573 e. The van der Waals surface area contributed by atoms with E-state index in [0.29, 0.717) is 12.8 Å². The van der Waals surface area contributed by atoms with Crippen LogP contribution in [-0.2, 0) is 21.0 Å². The van der Waals surface area contributed by atoms with Crippen LogP contribution in [0.4, 0.5) is 32.6 Å². The van der Waals surface area contributed by atoms with Crippen molar-refractivity contribution in [2.45, 2.75) is 76.2 Å². The highest BCUT2D eigenvalue weighted by Crippen LogP contribution is 2.43. The molecule has 2 aliphatic rings. The van der Waals surface area contributed by atoms with E-state index in [0.717, 1.165) is 6.07 Å². The zero-order valence-corrected chi connectivity index (χ0v) is 28.5. The maximum atomic E-state index is 16.9. The first-order valence-electron chi connectivity index (χ1n) is 15.9. The number of benzene rings is 2. The fraction of sp³-hybridized carbons (Fsp3) is 0.412. The Hall–Kier alpha value is -4.60. The van der Waals surface area contributed by atoms with Crippen molar-refractivity contribution in [1.29, 1.82) is 0 Å². The molecule has 2 aromatic carbocycles. The highest BCUT2D eigenvalue weighted by molar-refractivity contribution is 7.91. The molecule has 0 saturated carbocycles. The van der Waals surface area contributed by atoms with E-state index in [1.807, 2.05) is 4.90 Å². The number of sulfone groups is 1. The van der Waals surface area contributed by atoms with Crippen molar-refractivity contribution in [3.8, 4) is 17.0 Å². The Labute approximate surface area is 284 Å². The molecule has 2 aliphatic heterocycles. The summed E-state index contributed by atoms with van der Waals surface area (Å²) in [5, 5.41) is -0.791. The number of carbonyl (C=O) groups excluding carboxylic acids is 1. The lowest BCUT2D eigenvalue weighted by molar-refractivity contribution is -0.275. The lowest BCUT2D eigenvalue weighted by Gasteiger charge is -2.46. The van der Waals surface area contributed by atoms with E-state index in [-0.39, 0.29) is 52.7 Å². The molecule has 266 valence electrons. The quantitative estimate of drug-likeness (QED) is 0.117. The third-order valence-corrected chi connectivity index (χ3v) is 10.2. The molecule has 1 amide bonds. The fourth-order valence-corrected chi connectivity index (χ4v) is 7.19. The smallest absolute Gasteiger partial charge is 0.444 e. The van der Waals surface area contributed by atoms with Crippen molar-refractivity contribution in [2.75, 3.05) is 23.7 Å². The molecular weight excluding hydrogens is 685 g/mol. The maximum Gasteiger partial charge on any atom is 0.573 e. The third-order valence-electron chi connectivity index (χ3n) is 8.65. The number of fused-ring (bicyclic) bond motifs is 3. The minimum absolute atomic E-state index is 0.0976. The van der Waals surface area contributed by atoms with Gasteiger partial charge in [0.25, 0.3) is 0 Å². The molecule has 1 saturated heterocycles. The number of carbonyl (C=O) groups is 1. The van der Waals surface area contributed by atoms with Crippen LogP contribution in [0.2, 0.25) is 0 Å². The van der Waals surface area contributed by atoms with Gasteiger partial charge in [0, 0.05) is 30.1 Å². The molecule has 0 unspecified atom stereocenters. The molecule has 10 nitrogen and oxygen atoms in total. The van der Waals surface area contributed by atoms with Gasteiger partial charge in [0.15, 0.2) is 17.4 Å². The average molecular weight is 720 g/mol. The molecule has 0 aliphatic carbocycles. The Morgan fingerprint density at radius 1 is 1.06 bits per heavy atom. The van der Waals surface area contributed by atoms with Crippen molar-refractivity contribution in [3.63, 3.8) is 0 Å². The number of hydrogen-bond acceptors (Lipinski definition) is 9. The minimum Gasteiger partial charge on any atom is -0.444 e. The van der Waals surface area contributed by atoms with E-state index in [1.54, 1.807) is 31.7 Å². The van der Waals surface area contributed by atoms with Gasteiger partial charge < -0.3 is 19.3 Å². The topological polar surface area (TPSA) is 115 Å². The Bertz CT molecular complexity index is 2140. The number of aryl methyl sites for hydroxylation is 1. The van der Waals surface area contributed by atoms with Crippen LogP contribution in [0.5, 0.6) is 5.75 Å². The first kappa shape index (κ1) is 35.2. The van der Waals surface area contributed by atoms with Crippen LogP contribution in [0.1, 0.15) is 46.2 Å². The number of ether oxygens (including phenoxy) is 2. The van der Waals surface area contributed by atoms with Gasteiger partial charge >= 0.3 is 12.5 Å². The first-order valence-corrected chi connectivity index (χ1v) is 17.5. The standard InChI is InChI=1S/C34H34F5N5O5S/c1-6-9-19-16-43-20(17-44(19)32(45)49-33(3,4)5)13-15-23-25-28(41-31(42-30(25)43)50(46,47)7-2)26(36)27(40-23)21-11-8-10-18-12-14-22(35)29(24(18)21)48-34(37,38)39/h6,8,10-12,14,19-20H,1,7,9,13,15-17H2,2-5H3/t19-,20-/m1/s1. The van der Waals surface area contributed by atoms with Crippen LogP contribution in [0.3, 0.4) is 0 Å². The Balaban J connectivity index is 1.59. The predicted octanol–water partition coefficient (Wildman–Crippen LogP) is 7.13. The van der Waals surface area contributed by atoms with Gasteiger partial charge in [-0.2, -0.15) is 0 Å². The molecule has 0 spiro atoms. The Morgan fingerprint density at radius 2 is 1.80 bits per heavy atom. The molecule has 1 fully saturated rings. The highest BCUT2D eigenvalue weighted by atomic mass is 32.2. The number of amides is 1. The molecule has 0 radical (unpaired) electrons. The molecule has 2 aromatic heterocycles. The lowest BCUT2D eigenvalue weighted by Crippen LogP contribution is -2.60. The highest BCUT2D eigenvalue weighted by Gasteiger charge is 2.42. The average Bonchev–Trinajstić information content (AvgIpc) is 3.18. The zero-order valence-electron chi connectivity index (χ0n) is 27.6. The van der Waals surface area contributed by atoms with Gasteiger partial charge in [-0.3, -0.25) is 0 Å². The van der Waals surface area contributed by atoms with Crippen molar-refractivity contribution in [1.82, 2.24) is 19.9 Å². The molecule has 16 heteroatoms. The van der Waals surface area contributed by atoms with Gasteiger partial charge in [0.2, 0.25) is 15.0 Å². The molecular formula is C34H34F5N5O5S. The first-order chi connectivity index (χ1) is 23.4. The molecule has 0 N–H and O–H groups in total. The van der Waals surface area contributed by atoms with Gasteiger partial charge in [-0.25, -0.2) is 36.9 Å². The van der Waals surface area contributed by atoms with Crippen molar-refractivity contribution in [3.05, 3.63) is 60.3 Å². The summed E-state index contributed by atoms with van der Waals surface area (Å²) in [4.78, 5) is 30.0. The maximum absolute atomic E-state index is 16.9. The van der Waals surface area contributed by atoms with Crippen molar-refractivity contribution < 1.29 is 44.6 Å². The molecule has 2 atom stereocenters. The summed E-state index contributed by atoms with van der Waals surface area (Å²) in [7, 11) is -4.12. The number of hydrogen-bond donors (Lipinski definition) is 0. The van der Waals surface area contributed by atoms with Gasteiger partial charge in [0.1, 0.15) is 22.6 Å². The minimum atomic E-state index is -5.27. The predicted molar refractivity (Wildman–Crippen MR) is 176 cm³/mol. The molecule has 4 heterocycles. The van der Waals surface area contributed by atoms with Gasteiger partial charge in [0.05, 0.1) is 22.9 Å². The molecule has 6 rings (SSSR count). The van der Waals surface area contributed by atoms with Gasteiger partial charge in [-0.05, 0) is 51.5 Å². The van der Waals surface area contributed by atoms with Crippen LogP contribution in [-0.4, -0.2) is 77.3 Å². The second kappa shape index (κ2) is 12.6. The number of alkyl halides is 3. The number of aromatic nitrogens is 3. The number of pyridine rings is 1. The van der Waals surface area contributed by atoms with E-state index in [9.17, 15) is 30.8 Å². The van der Waals surface area contributed by atoms with E-state index >= 15 is 4.39 Å². The lowest BCUT2D eigenvalue weighted by atomic mass is 9.98. The number of nitrogens with zero attached hydrogens (tertiary/aromatic N) is 5. The number of rotatable bonds is 6. The van der Waals surface area contributed by atoms with Crippen molar-refractivity contribution in [2.24, 2.45) is 0 Å². The Morgan fingerprint density at radius 3 is 2.46 bits per heavy atom. The van der Waals surface area contributed by atoms with Crippen LogP contribution in [0.25, 0.3) is 32.9 Å². The summed E-state index contributed by atoms with van der Waals surface area (Å²) in [5.74, 6) is -3.94. The zero-order chi connectivity index (χ0) is 36.3. The molecule has 4 aromatic rings. The van der Waals surface area contributed by atoms with Crippen LogP contribution in [0, 0.1) is 11.6 Å². The van der Waals surface area contributed by atoms with Crippen LogP contribution in [0.15, 0.2) is 48.1 Å². The second-order valence-electron chi connectivity index (χ2n) is 13.2. The van der Waals surface area contributed by atoms with E-state index < -0.39 is 79.5 Å². The summed E-state index contributed by atoms with van der Waals surface area (Å²) < 4.78 is 108. The van der Waals surface area contributed by atoms with E-state index in [1.165, 1.54) is 31.2 Å². The molecule has 50 heavy (non-hydrogen) atoms. The van der Waals surface area contributed by atoms with Gasteiger partial charge in [-0.15, -0.1) is 19.8 Å². The van der Waals surface area contributed by atoms with Crippen LogP contribution < -0.4 is 9.64 Å². The monoisotopic (exact) mass is 719 g/mol. The van der Waals surface area contributed by atoms with Crippen molar-refractivity contribution >= 4 is 43.4 Å². The Kier molecular flexibility index (Phi) is 8.89. The van der Waals surface area contributed by atoms with E-state index in [4.69, 9.17) is 4.74 Å². The number of halogens is 5. The summed E-state index contributed by atoms with van der Waals surface area (Å²) in [6.07, 6.45) is -3.30. The summed E-state index contributed by atoms with van der Waals surface area (Å²) in [5.41, 5.74) is -1.63. The fourth-order valence-electron chi connectivity index (χ4n) is 6.47. The van der Waals surface area contributed by atoms with Crippen LogP contribution >= 0.6 is 0 Å². The number of piperazine rings is 1. The summed E-state index contributed by atoms with van der Waals surface area (Å²) in [6, 6.07) is 5.26. The summed E-state index contributed by atoms with van der Waals surface area (Å²) >= 11 is 0. The SMILES string of the molecule is C=CC[C@@H]1CN2c3nc(S(=O)(=O)CC)nc4c(F)c(-c5cccc6ccc(F)c(OC(F)(F)F)c56)nc(c34)CC[C@@H]2CN1C(=O)OC(C)(C)C. The normalized spacial score (nSPS) is 18.2. The van der Waals surface area contributed by atoms with E-state index in [2.05, 4.69) is 26.3 Å². The van der Waals surface area contributed by atoms with Gasteiger partial charge in [-0.1, -0.05) is 37.3 Å². The second-order valence-corrected chi connectivity index (χ2v) is 15.3.